The maximum atomic E-state index is 10.6. The molecule has 4 nitrogen and oxygen atoms in total. The number of aromatic hydroxyl groups is 1. The Kier molecular flexibility index (Phi) is 3.61. The summed E-state index contributed by atoms with van der Waals surface area (Å²) in [6, 6.07) is 11.8. The molecule has 0 radical (unpaired) electrons. The molecular weight excluding hydrogens is 274 g/mol. The Morgan fingerprint density at radius 3 is 2.00 bits per heavy atom. The second kappa shape index (κ2) is 5.44. The maximum absolute atomic E-state index is 10.6. The molecule has 0 spiro atoms. The fourth-order valence-electron chi connectivity index (χ4n) is 2.56. The normalized spacial score (nSPS) is 11.7. The molecule has 114 valence electrons. The molecular formula is C18H21N3O. The molecule has 1 aromatic heterocycles. The first-order valence-electron chi connectivity index (χ1n) is 7.66. The Morgan fingerprint density at radius 2 is 1.50 bits per heavy atom. The second-order valence-corrected chi connectivity index (χ2v) is 6.27. The molecule has 0 saturated carbocycles. The van der Waals surface area contributed by atoms with Gasteiger partial charge in [0.05, 0.1) is 0 Å². The van der Waals surface area contributed by atoms with Gasteiger partial charge in [-0.25, -0.2) is 0 Å². The summed E-state index contributed by atoms with van der Waals surface area (Å²) in [5, 5.41) is 19.6. The van der Waals surface area contributed by atoms with Gasteiger partial charge in [-0.05, 0) is 41.2 Å². The van der Waals surface area contributed by atoms with Gasteiger partial charge in [-0.2, -0.15) is 0 Å². The predicted octanol–water partition coefficient (Wildman–Crippen LogP) is 4.37. The van der Waals surface area contributed by atoms with Gasteiger partial charge in [0.2, 0.25) is 0 Å². The minimum Gasteiger partial charge on any atom is -0.505 e. The number of phenolic OH excluding ortho intramolecular Hbond substituents is 1. The molecule has 0 bridgehead atoms. The molecule has 1 N–H and O–H groups in total. The van der Waals surface area contributed by atoms with Crippen molar-refractivity contribution in [3.05, 3.63) is 47.5 Å². The van der Waals surface area contributed by atoms with Gasteiger partial charge in [-0.15, -0.1) is 15.0 Å². The lowest BCUT2D eigenvalue weighted by Gasteiger charge is -2.16. The number of fused-ring (bicyclic) bond motifs is 1. The SMILES string of the molecule is CC(C)c1cc(C(C)C)c(O)c(-n2nc3ccccc3n2)c1. The molecule has 0 amide bonds. The van der Waals surface area contributed by atoms with E-state index in [0.717, 1.165) is 16.6 Å². The van der Waals surface area contributed by atoms with Gasteiger partial charge < -0.3 is 5.11 Å². The first-order valence-corrected chi connectivity index (χ1v) is 7.66. The number of benzene rings is 2. The monoisotopic (exact) mass is 295 g/mol. The molecule has 22 heavy (non-hydrogen) atoms. The number of aromatic nitrogens is 3. The van der Waals surface area contributed by atoms with E-state index in [1.54, 1.807) is 0 Å². The van der Waals surface area contributed by atoms with Crippen molar-refractivity contribution < 1.29 is 5.11 Å². The largest absolute Gasteiger partial charge is 0.505 e. The number of rotatable bonds is 3. The van der Waals surface area contributed by atoms with Gasteiger partial charge >= 0.3 is 0 Å². The van der Waals surface area contributed by atoms with E-state index in [2.05, 4.69) is 44.0 Å². The number of hydrogen-bond acceptors (Lipinski definition) is 3. The number of hydrogen-bond donors (Lipinski definition) is 1. The standard InChI is InChI=1S/C18H21N3O/c1-11(2)13-9-14(12(3)4)18(22)17(10-13)21-19-15-7-5-6-8-16(15)20-21/h5-12,22H,1-4H3. The summed E-state index contributed by atoms with van der Waals surface area (Å²) in [7, 11) is 0. The zero-order valence-electron chi connectivity index (χ0n) is 13.4. The van der Waals surface area contributed by atoms with Gasteiger partial charge in [0.1, 0.15) is 22.5 Å². The summed E-state index contributed by atoms with van der Waals surface area (Å²) in [5.74, 6) is 0.879. The highest BCUT2D eigenvalue weighted by Crippen LogP contribution is 2.34. The van der Waals surface area contributed by atoms with Crippen LogP contribution in [0.1, 0.15) is 50.7 Å². The van der Waals surface area contributed by atoms with Gasteiger partial charge in [0.25, 0.3) is 0 Å². The van der Waals surface area contributed by atoms with Crippen molar-refractivity contribution in [3.63, 3.8) is 0 Å². The highest BCUT2D eigenvalue weighted by molar-refractivity contribution is 5.73. The van der Waals surface area contributed by atoms with E-state index in [0.29, 0.717) is 11.6 Å². The summed E-state index contributed by atoms with van der Waals surface area (Å²) >= 11 is 0. The molecule has 0 saturated heterocycles. The van der Waals surface area contributed by atoms with Gasteiger partial charge in [0, 0.05) is 0 Å². The van der Waals surface area contributed by atoms with Crippen LogP contribution in [0, 0.1) is 0 Å². The van der Waals surface area contributed by atoms with Crippen LogP contribution in [0.15, 0.2) is 36.4 Å². The van der Waals surface area contributed by atoms with Crippen molar-refractivity contribution in [3.8, 4) is 11.4 Å². The average Bonchev–Trinajstić information content (AvgIpc) is 2.90. The molecule has 3 rings (SSSR count). The van der Waals surface area contributed by atoms with Crippen LogP contribution in [0.2, 0.25) is 0 Å². The molecule has 2 aromatic carbocycles. The summed E-state index contributed by atoms with van der Waals surface area (Å²) in [6.07, 6.45) is 0. The van der Waals surface area contributed by atoms with E-state index < -0.39 is 0 Å². The zero-order valence-corrected chi connectivity index (χ0v) is 13.4. The third-order valence-electron chi connectivity index (χ3n) is 3.93. The van der Waals surface area contributed by atoms with E-state index in [1.807, 2.05) is 30.3 Å². The number of nitrogens with zero attached hydrogens (tertiary/aromatic N) is 3. The maximum Gasteiger partial charge on any atom is 0.146 e. The van der Waals surface area contributed by atoms with Crippen LogP contribution in [0.25, 0.3) is 16.7 Å². The topological polar surface area (TPSA) is 50.9 Å². The second-order valence-electron chi connectivity index (χ2n) is 6.27. The van der Waals surface area contributed by atoms with Crippen molar-refractivity contribution in [2.24, 2.45) is 0 Å². The van der Waals surface area contributed by atoms with Gasteiger partial charge in [-0.1, -0.05) is 45.9 Å². The van der Waals surface area contributed by atoms with Crippen LogP contribution < -0.4 is 0 Å². The Bertz CT molecular complexity index is 785. The van der Waals surface area contributed by atoms with Crippen LogP contribution in [-0.2, 0) is 0 Å². The third-order valence-corrected chi connectivity index (χ3v) is 3.93. The van der Waals surface area contributed by atoms with Crippen LogP contribution in [0.3, 0.4) is 0 Å². The lowest BCUT2D eigenvalue weighted by molar-refractivity contribution is 0.457. The fourth-order valence-corrected chi connectivity index (χ4v) is 2.56. The fraction of sp³-hybridized carbons (Fsp3) is 0.333. The van der Waals surface area contributed by atoms with E-state index in [4.69, 9.17) is 0 Å². The molecule has 0 aliphatic heterocycles. The van der Waals surface area contributed by atoms with Crippen molar-refractivity contribution >= 4 is 11.0 Å². The highest BCUT2D eigenvalue weighted by atomic mass is 16.3. The lowest BCUT2D eigenvalue weighted by Crippen LogP contribution is -2.04. The number of phenols is 1. The molecule has 0 aliphatic rings. The van der Waals surface area contributed by atoms with E-state index in [-0.39, 0.29) is 11.7 Å². The first-order chi connectivity index (χ1) is 10.5. The van der Waals surface area contributed by atoms with Crippen LogP contribution in [-0.4, -0.2) is 20.1 Å². The summed E-state index contributed by atoms with van der Waals surface area (Å²) in [6.45, 7) is 8.45. The minimum absolute atomic E-state index is 0.238. The molecule has 0 aliphatic carbocycles. The van der Waals surface area contributed by atoms with Crippen LogP contribution >= 0.6 is 0 Å². The highest BCUT2D eigenvalue weighted by Gasteiger charge is 2.17. The van der Waals surface area contributed by atoms with E-state index in [9.17, 15) is 5.11 Å². The van der Waals surface area contributed by atoms with Crippen molar-refractivity contribution in [1.82, 2.24) is 15.0 Å². The van der Waals surface area contributed by atoms with Crippen molar-refractivity contribution in [2.45, 2.75) is 39.5 Å². The van der Waals surface area contributed by atoms with Gasteiger partial charge in [0.15, 0.2) is 0 Å². The molecule has 0 atom stereocenters. The third kappa shape index (κ3) is 2.45. The average molecular weight is 295 g/mol. The Labute approximate surface area is 130 Å². The molecule has 1 heterocycles. The minimum atomic E-state index is 0.238. The van der Waals surface area contributed by atoms with Crippen LogP contribution in [0.4, 0.5) is 0 Å². The van der Waals surface area contributed by atoms with E-state index in [1.165, 1.54) is 10.4 Å². The first kappa shape index (κ1) is 14.6. The quantitative estimate of drug-likeness (QED) is 0.780. The predicted molar refractivity (Wildman–Crippen MR) is 88.7 cm³/mol. The van der Waals surface area contributed by atoms with Crippen molar-refractivity contribution in [2.75, 3.05) is 0 Å². The molecule has 0 unspecified atom stereocenters. The Morgan fingerprint density at radius 1 is 0.909 bits per heavy atom. The molecule has 4 heteroatoms. The van der Waals surface area contributed by atoms with Crippen LogP contribution in [0.5, 0.6) is 5.75 Å². The van der Waals surface area contributed by atoms with Crippen molar-refractivity contribution in [1.29, 1.82) is 0 Å². The summed E-state index contributed by atoms with van der Waals surface area (Å²) in [4.78, 5) is 1.54. The van der Waals surface area contributed by atoms with E-state index >= 15 is 0 Å². The van der Waals surface area contributed by atoms with Gasteiger partial charge in [-0.3, -0.25) is 0 Å². The molecule has 0 fully saturated rings. The lowest BCUT2D eigenvalue weighted by atomic mass is 9.94. The molecule has 3 aromatic rings. The summed E-state index contributed by atoms with van der Waals surface area (Å²) < 4.78 is 0. The smallest absolute Gasteiger partial charge is 0.146 e. The zero-order chi connectivity index (χ0) is 15.9. The summed E-state index contributed by atoms with van der Waals surface area (Å²) in [5.41, 5.74) is 4.40. The Balaban J connectivity index is 2.24. The Hall–Kier alpha value is -2.36.